The van der Waals surface area contributed by atoms with E-state index >= 15 is 0 Å². The summed E-state index contributed by atoms with van der Waals surface area (Å²) >= 11 is 0. The van der Waals surface area contributed by atoms with Crippen LogP contribution in [0.15, 0.2) is 0 Å². The van der Waals surface area contributed by atoms with Crippen LogP contribution in [0.1, 0.15) is 65.2 Å². The lowest BCUT2D eigenvalue weighted by atomic mass is 9.40. The Labute approximate surface area is 268 Å². The number of hydrogen-bond acceptors (Lipinski definition) is 14. The zero-order valence-corrected chi connectivity index (χ0v) is 26.7. The van der Waals surface area contributed by atoms with E-state index in [1.807, 2.05) is 0 Å². The first kappa shape index (κ1) is 35.3. The SMILES string of the molecule is CC1(COC2OC(CO)C(O)C(O)C2O)CCCC2(C)C1CCC13CC(CCC21)C(O)(CO)C3OC1OC(CO)C(O)C(O)C1O. The summed E-state index contributed by atoms with van der Waals surface area (Å²) in [4.78, 5) is 0. The van der Waals surface area contributed by atoms with Crippen LogP contribution < -0.4 is 0 Å². The van der Waals surface area contributed by atoms with Crippen LogP contribution in [0.2, 0.25) is 0 Å². The van der Waals surface area contributed by atoms with Gasteiger partial charge in [-0.25, -0.2) is 0 Å². The summed E-state index contributed by atoms with van der Waals surface area (Å²) in [5.74, 6) is -0.0489. The summed E-state index contributed by atoms with van der Waals surface area (Å²) in [6.07, 6.45) is -9.07. The second-order valence-corrected chi connectivity index (χ2v) is 15.7. The molecule has 2 bridgehead atoms. The lowest BCUT2D eigenvalue weighted by Gasteiger charge is -2.65. The van der Waals surface area contributed by atoms with Gasteiger partial charge in [-0.1, -0.05) is 20.3 Å². The standard InChI is InChI=1S/C32H54O14/c1-29(14-43-26-24(40)22(38)20(36)16(11-33)44-26)7-3-8-30(2)18(29)6-9-31-10-15(4-5-19(30)31)32(42,13-35)28(31)46-27-25(41)23(39)21(37)17(12-34)45-27/h15-28,33-42H,3-14H2,1-2H3. The van der Waals surface area contributed by atoms with E-state index < -0.39 is 98.4 Å². The molecule has 1 spiro atoms. The average molecular weight is 663 g/mol. The normalized spacial score (nSPS) is 57.1. The number of hydrogen-bond donors (Lipinski definition) is 10. The van der Waals surface area contributed by atoms with Gasteiger partial charge in [0.25, 0.3) is 0 Å². The Hall–Kier alpha value is -0.560. The molecule has 0 radical (unpaired) electrons. The molecule has 18 unspecified atom stereocenters. The van der Waals surface area contributed by atoms with Crippen molar-refractivity contribution in [2.24, 2.45) is 34.0 Å². The molecule has 46 heavy (non-hydrogen) atoms. The van der Waals surface area contributed by atoms with Crippen molar-refractivity contribution >= 4 is 0 Å². The fourth-order valence-corrected chi connectivity index (χ4v) is 11.1. The van der Waals surface area contributed by atoms with Gasteiger partial charge in [-0.05, 0) is 73.5 Å². The Balaban J connectivity index is 1.26. The fourth-order valence-electron chi connectivity index (χ4n) is 11.1. The summed E-state index contributed by atoms with van der Waals surface area (Å²) in [6, 6.07) is 0. The maximum absolute atomic E-state index is 12.1. The Kier molecular flexibility index (Phi) is 9.70. The van der Waals surface area contributed by atoms with Gasteiger partial charge in [0.2, 0.25) is 0 Å². The number of aliphatic hydroxyl groups is 10. The summed E-state index contributed by atoms with van der Waals surface area (Å²) in [5, 5.41) is 105. The predicted molar refractivity (Wildman–Crippen MR) is 156 cm³/mol. The number of rotatable bonds is 8. The van der Waals surface area contributed by atoms with Crippen LogP contribution in [-0.2, 0) is 18.9 Å². The van der Waals surface area contributed by atoms with E-state index in [0.29, 0.717) is 19.3 Å². The third-order valence-corrected chi connectivity index (χ3v) is 13.4. The second-order valence-electron chi connectivity index (χ2n) is 15.7. The van der Waals surface area contributed by atoms with Crippen molar-refractivity contribution in [2.45, 2.75) is 138 Å². The first-order valence-corrected chi connectivity index (χ1v) is 16.9. The molecule has 6 rings (SSSR count). The van der Waals surface area contributed by atoms with E-state index in [-0.39, 0.29) is 35.2 Å². The molecule has 2 saturated heterocycles. The molecule has 4 aliphatic carbocycles. The van der Waals surface area contributed by atoms with Gasteiger partial charge in [0.05, 0.1) is 32.5 Å². The molecule has 2 aliphatic heterocycles. The molecule has 6 aliphatic rings. The highest BCUT2D eigenvalue weighted by Gasteiger charge is 2.73. The first-order valence-electron chi connectivity index (χ1n) is 16.9. The summed E-state index contributed by atoms with van der Waals surface area (Å²) in [5.41, 5.74) is -2.81. The van der Waals surface area contributed by atoms with Gasteiger partial charge in [-0.2, -0.15) is 0 Å². The Bertz CT molecular complexity index is 1080. The maximum Gasteiger partial charge on any atom is 0.187 e. The molecule has 18 atom stereocenters. The minimum Gasteiger partial charge on any atom is -0.394 e. The lowest BCUT2D eigenvalue weighted by Crippen LogP contribution is -2.65. The van der Waals surface area contributed by atoms with E-state index in [1.165, 1.54) is 0 Å². The van der Waals surface area contributed by atoms with Crippen LogP contribution in [0.25, 0.3) is 0 Å². The number of aliphatic hydroxyl groups excluding tert-OH is 9. The zero-order chi connectivity index (χ0) is 33.4. The molecule has 0 aromatic carbocycles. The summed E-state index contributed by atoms with van der Waals surface area (Å²) in [7, 11) is 0. The molecular formula is C32H54O14. The average Bonchev–Trinajstić information content (AvgIpc) is 3.20. The third kappa shape index (κ3) is 5.22. The topological polar surface area (TPSA) is 239 Å². The van der Waals surface area contributed by atoms with Crippen LogP contribution in [0.3, 0.4) is 0 Å². The van der Waals surface area contributed by atoms with E-state index in [2.05, 4.69) is 13.8 Å². The van der Waals surface area contributed by atoms with Gasteiger partial charge in [0.15, 0.2) is 12.6 Å². The van der Waals surface area contributed by atoms with Crippen LogP contribution >= 0.6 is 0 Å². The van der Waals surface area contributed by atoms with Crippen LogP contribution in [0.5, 0.6) is 0 Å². The Morgan fingerprint density at radius 3 is 1.91 bits per heavy atom. The first-order chi connectivity index (χ1) is 21.7. The Morgan fingerprint density at radius 2 is 1.30 bits per heavy atom. The quantitative estimate of drug-likeness (QED) is 0.132. The van der Waals surface area contributed by atoms with E-state index in [9.17, 15) is 51.1 Å². The van der Waals surface area contributed by atoms with Crippen molar-refractivity contribution < 1.29 is 70.0 Å². The molecule has 0 amide bonds. The minimum atomic E-state index is -1.64. The van der Waals surface area contributed by atoms with Gasteiger partial charge in [-0.15, -0.1) is 0 Å². The van der Waals surface area contributed by atoms with Gasteiger partial charge in [0, 0.05) is 5.41 Å². The molecule has 2 heterocycles. The molecular weight excluding hydrogens is 608 g/mol. The zero-order valence-electron chi connectivity index (χ0n) is 26.7. The van der Waals surface area contributed by atoms with Gasteiger partial charge >= 0.3 is 0 Å². The monoisotopic (exact) mass is 662 g/mol. The minimum absolute atomic E-state index is 0.0531. The fraction of sp³-hybridized carbons (Fsp3) is 1.00. The molecule has 266 valence electrons. The highest BCUT2D eigenvalue weighted by Crippen LogP contribution is 2.73. The second kappa shape index (κ2) is 12.6. The smallest absolute Gasteiger partial charge is 0.187 e. The van der Waals surface area contributed by atoms with Crippen molar-refractivity contribution in [3.05, 3.63) is 0 Å². The summed E-state index contributed by atoms with van der Waals surface area (Å²) in [6.45, 7) is 2.93. The molecule has 6 fully saturated rings. The third-order valence-electron chi connectivity index (χ3n) is 13.4. The van der Waals surface area contributed by atoms with E-state index in [4.69, 9.17) is 18.9 Å². The summed E-state index contributed by atoms with van der Waals surface area (Å²) < 4.78 is 23.9. The van der Waals surface area contributed by atoms with Crippen LogP contribution in [-0.4, -0.2) is 151 Å². The van der Waals surface area contributed by atoms with Gasteiger partial charge in [0.1, 0.15) is 54.4 Å². The van der Waals surface area contributed by atoms with Crippen LogP contribution in [0.4, 0.5) is 0 Å². The highest BCUT2D eigenvalue weighted by atomic mass is 16.7. The molecule has 14 nitrogen and oxygen atoms in total. The Morgan fingerprint density at radius 1 is 0.696 bits per heavy atom. The van der Waals surface area contributed by atoms with Crippen molar-refractivity contribution in [3.8, 4) is 0 Å². The molecule has 0 aromatic rings. The molecule has 14 heteroatoms. The maximum atomic E-state index is 12.1. The molecule has 10 N–H and O–H groups in total. The van der Waals surface area contributed by atoms with Crippen molar-refractivity contribution in [2.75, 3.05) is 26.4 Å². The predicted octanol–water partition coefficient (Wildman–Crippen LogP) is -2.27. The largest absolute Gasteiger partial charge is 0.394 e. The van der Waals surface area contributed by atoms with Gasteiger partial charge < -0.3 is 70.0 Å². The van der Waals surface area contributed by atoms with E-state index in [1.54, 1.807) is 0 Å². The van der Waals surface area contributed by atoms with Crippen molar-refractivity contribution in [1.82, 2.24) is 0 Å². The highest BCUT2D eigenvalue weighted by molar-refractivity contribution is 5.21. The number of ether oxygens (including phenoxy) is 4. The van der Waals surface area contributed by atoms with Crippen molar-refractivity contribution in [1.29, 1.82) is 0 Å². The molecule has 4 saturated carbocycles. The molecule has 0 aromatic heterocycles. The lowest BCUT2D eigenvalue weighted by molar-refractivity contribution is -0.339. The van der Waals surface area contributed by atoms with Crippen LogP contribution in [0, 0.1) is 34.0 Å². The van der Waals surface area contributed by atoms with Gasteiger partial charge in [-0.3, -0.25) is 0 Å². The van der Waals surface area contributed by atoms with Crippen molar-refractivity contribution in [3.63, 3.8) is 0 Å². The number of fused-ring (bicyclic) bond motifs is 3. The van der Waals surface area contributed by atoms with E-state index in [0.717, 1.165) is 32.1 Å².